The molecule has 0 unspecified atom stereocenters. The first-order valence-electron chi connectivity index (χ1n) is 4.81. The number of aromatic carboxylic acids is 1. The first-order valence-corrected chi connectivity index (χ1v) is 6.25. The molecule has 0 atom stereocenters. The summed E-state index contributed by atoms with van der Waals surface area (Å²) in [5, 5.41) is 8.94. The lowest BCUT2D eigenvalue weighted by Gasteiger charge is -2.16. The second-order valence-electron chi connectivity index (χ2n) is 3.38. The van der Waals surface area contributed by atoms with Crippen LogP contribution in [0.5, 0.6) is 0 Å². The van der Waals surface area contributed by atoms with Crippen molar-refractivity contribution in [1.29, 1.82) is 0 Å². The molecular weight excluding hydrogens is 242 g/mol. The Morgan fingerprint density at radius 3 is 2.59 bits per heavy atom. The Bertz CT molecular complexity index is 536. The number of hydrogen-bond acceptors (Lipinski definition) is 3. The van der Waals surface area contributed by atoms with Gasteiger partial charge in [0.15, 0.2) is 0 Å². The van der Waals surface area contributed by atoms with Crippen LogP contribution in [0.15, 0.2) is 41.8 Å². The second kappa shape index (κ2) is 5.11. The zero-order valence-electron chi connectivity index (χ0n) is 9.33. The van der Waals surface area contributed by atoms with Crippen LogP contribution in [-0.2, 0) is 10.0 Å². The van der Waals surface area contributed by atoms with Gasteiger partial charge in [-0.15, -0.1) is 6.58 Å². The van der Waals surface area contributed by atoms with Gasteiger partial charge in [-0.2, -0.15) is 4.31 Å². The highest BCUT2D eigenvalue weighted by molar-refractivity contribution is 7.89. The molecule has 0 saturated carbocycles. The average molecular weight is 255 g/mol. The molecule has 1 rings (SSSR count). The van der Waals surface area contributed by atoms with Crippen molar-refractivity contribution in [3.05, 3.63) is 42.5 Å². The number of nitrogens with zero attached hydrogens (tertiary/aromatic N) is 1. The maximum atomic E-state index is 12.1. The van der Waals surface area contributed by atoms with E-state index >= 15 is 0 Å². The molecule has 0 aliphatic carbocycles. The van der Waals surface area contributed by atoms with E-state index in [1.807, 2.05) is 0 Å². The average Bonchev–Trinajstić information content (AvgIpc) is 2.29. The molecule has 0 radical (unpaired) electrons. The lowest BCUT2D eigenvalue weighted by atomic mass is 10.2. The van der Waals surface area contributed by atoms with Gasteiger partial charge in [0, 0.05) is 13.6 Å². The quantitative estimate of drug-likeness (QED) is 0.802. The lowest BCUT2D eigenvalue weighted by Crippen LogP contribution is -2.28. The van der Waals surface area contributed by atoms with E-state index in [4.69, 9.17) is 5.11 Å². The van der Waals surface area contributed by atoms with Gasteiger partial charge in [-0.05, 0) is 12.1 Å². The fourth-order valence-electron chi connectivity index (χ4n) is 1.32. The Labute approximate surface area is 100 Å². The molecule has 0 spiro atoms. The molecule has 1 aromatic carbocycles. The van der Waals surface area contributed by atoms with Gasteiger partial charge in [0.25, 0.3) is 0 Å². The Morgan fingerprint density at radius 1 is 1.47 bits per heavy atom. The fourth-order valence-corrected chi connectivity index (χ4v) is 2.64. The monoisotopic (exact) mass is 255 g/mol. The molecule has 0 heterocycles. The molecule has 5 nitrogen and oxygen atoms in total. The highest BCUT2D eigenvalue weighted by Gasteiger charge is 2.25. The van der Waals surface area contributed by atoms with Gasteiger partial charge in [0.1, 0.15) is 0 Å². The fraction of sp³-hybridized carbons (Fsp3) is 0.182. The summed E-state index contributed by atoms with van der Waals surface area (Å²) in [4.78, 5) is 10.7. The first-order chi connectivity index (χ1) is 7.91. The van der Waals surface area contributed by atoms with Gasteiger partial charge in [-0.1, -0.05) is 18.2 Å². The van der Waals surface area contributed by atoms with Crippen LogP contribution < -0.4 is 0 Å². The van der Waals surface area contributed by atoms with E-state index in [1.54, 1.807) is 0 Å². The van der Waals surface area contributed by atoms with E-state index < -0.39 is 16.0 Å². The van der Waals surface area contributed by atoms with Crippen LogP contribution in [0.4, 0.5) is 0 Å². The third-order valence-corrected chi connectivity index (χ3v) is 4.07. The molecule has 1 N–H and O–H groups in total. The summed E-state index contributed by atoms with van der Waals surface area (Å²) in [6.07, 6.45) is 1.43. The zero-order chi connectivity index (χ0) is 13.1. The van der Waals surface area contributed by atoms with E-state index in [-0.39, 0.29) is 17.0 Å². The van der Waals surface area contributed by atoms with Crippen molar-refractivity contribution in [3.63, 3.8) is 0 Å². The predicted molar refractivity (Wildman–Crippen MR) is 63.4 cm³/mol. The maximum Gasteiger partial charge on any atom is 0.337 e. The topological polar surface area (TPSA) is 74.7 Å². The van der Waals surface area contributed by atoms with Gasteiger partial charge in [0.05, 0.1) is 10.5 Å². The van der Waals surface area contributed by atoms with Gasteiger partial charge >= 0.3 is 5.97 Å². The van der Waals surface area contributed by atoms with E-state index in [0.29, 0.717) is 0 Å². The number of sulfonamides is 1. The first kappa shape index (κ1) is 13.4. The summed E-state index contributed by atoms with van der Waals surface area (Å²) < 4.78 is 25.2. The highest BCUT2D eigenvalue weighted by atomic mass is 32.2. The number of carboxylic acid groups (broad SMARTS) is 1. The standard InChI is InChI=1S/C11H13NO4S/c1-3-8-12(2)17(15,16)10-7-5-4-6-9(10)11(13)14/h3-7H,1,8H2,2H3,(H,13,14). The molecule has 0 bridgehead atoms. The van der Waals surface area contributed by atoms with Crippen molar-refractivity contribution in [2.24, 2.45) is 0 Å². The molecule has 1 aromatic rings. The van der Waals surface area contributed by atoms with Crippen LogP contribution in [-0.4, -0.2) is 37.4 Å². The Kier molecular flexibility index (Phi) is 4.03. The summed E-state index contributed by atoms with van der Waals surface area (Å²) in [5.41, 5.74) is -0.233. The zero-order valence-corrected chi connectivity index (χ0v) is 10.1. The van der Waals surface area contributed by atoms with Crippen molar-refractivity contribution < 1.29 is 18.3 Å². The lowest BCUT2D eigenvalue weighted by molar-refractivity contribution is 0.0692. The largest absolute Gasteiger partial charge is 0.478 e. The van der Waals surface area contributed by atoms with E-state index in [1.165, 1.54) is 37.4 Å². The van der Waals surface area contributed by atoms with Crippen molar-refractivity contribution in [1.82, 2.24) is 4.31 Å². The Hall–Kier alpha value is -1.66. The van der Waals surface area contributed by atoms with E-state index in [0.717, 1.165) is 4.31 Å². The molecule has 0 saturated heterocycles. The van der Waals surface area contributed by atoms with Crippen LogP contribution >= 0.6 is 0 Å². The normalized spacial score (nSPS) is 11.4. The Balaban J connectivity index is 3.33. The number of carbonyl (C=O) groups is 1. The SMILES string of the molecule is C=CCN(C)S(=O)(=O)c1ccccc1C(=O)O. The molecule has 0 aliphatic rings. The summed E-state index contributed by atoms with van der Waals surface area (Å²) in [5.74, 6) is -1.27. The molecule has 6 heteroatoms. The van der Waals surface area contributed by atoms with Crippen LogP contribution in [0, 0.1) is 0 Å². The van der Waals surface area contributed by atoms with Crippen LogP contribution in [0.3, 0.4) is 0 Å². The minimum Gasteiger partial charge on any atom is -0.478 e. The number of hydrogen-bond donors (Lipinski definition) is 1. The van der Waals surface area contributed by atoms with Gasteiger partial charge in [-0.3, -0.25) is 0 Å². The smallest absolute Gasteiger partial charge is 0.337 e. The van der Waals surface area contributed by atoms with Crippen molar-refractivity contribution in [2.75, 3.05) is 13.6 Å². The molecular formula is C11H13NO4S. The van der Waals surface area contributed by atoms with Crippen LogP contribution in [0.25, 0.3) is 0 Å². The Morgan fingerprint density at radius 2 is 2.06 bits per heavy atom. The minimum atomic E-state index is -3.80. The predicted octanol–water partition coefficient (Wildman–Crippen LogP) is 1.19. The second-order valence-corrected chi connectivity index (χ2v) is 5.39. The minimum absolute atomic E-state index is 0.121. The third kappa shape index (κ3) is 2.72. The molecule has 0 amide bonds. The van der Waals surface area contributed by atoms with E-state index in [9.17, 15) is 13.2 Å². The van der Waals surface area contributed by atoms with Gasteiger partial charge in [0.2, 0.25) is 10.0 Å². The maximum absolute atomic E-state index is 12.1. The molecule has 0 aliphatic heterocycles. The van der Waals surface area contributed by atoms with E-state index in [2.05, 4.69) is 6.58 Å². The summed E-state index contributed by atoms with van der Waals surface area (Å²) in [7, 11) is -2.42. The molecule has 92 valence electrons. The number of rotatable bonds is 5. The van der Waals surface area contributed by atoms with Gasteiger partial charge in [-0.25, -0.2) is 13.2 Å². The molecule has 17 heavy (non-hydrogen) atoms. The molecule has 0 aromatic heterocycles. The number of likely N-dealkylation sites (N-methyl/N-ethyl adjacent to an activating group) is 1. The summed E-state index contributed by atoms with van der Waals surface area (Å²) >= 11 is 0. The third-order valence-electron chi connectivity index (χ3n) is 2.19. The number of carboxylic acids is 1. The number of benzene rings is 1. The van der Waals surface area contributed by atoms with Crippen molar-refractivity contribution in [3.8, 4) is 0 Å². The van der Waals surface area contributed by atoms with Crippen LogP contribution in [0.1, 0.15) is 10.4 Å². The van der Waals surface area contributed by atoms with Crippen LogP contribution in [0.2, 0.25) is 0 Å². The van der Waals surface area contributed by atoms with Crippen molar-refractivity contribution >= 4 is 16.0 Å². The molecule has 0 fully saturated rings. The van der Waals surface area contributed by atoms with Gasteiger partial charge < -0.3 is 5.11 Å². The van der Waals surface area contributed by atoms with Crippen molar-refractivity contribution in [2.45, 2.75) is 4.90 Å². The summed E-state index contributed by atoms with van der Waals surface area (Å²) in [6, 6.07) is 5.51. The highest BCUT2D eigenvalue weighted by Crippen LogP contribution is 2.19. The summed E-state index contributed by atoms with van der Waals surface area (Å²) in [6.45, 7) is 3.56.